The number of sulfonamides is 1. The van der Waals surface area contributed by atoms with Crippen molar-refractivity contribution in [2.75, 3.05) is 25.0 Å². The summed E-state index contributed by atoms with van der Waals surface area (Å²) in [6.45, 7) is 3.09. The van der Waals surface area contributed by atoms with Crippen LogP contribution in [0.1, 0.15) is 48.8 Å². The zero-order valence-electron chi connectivity index (χ0n) is 19.0. The van der Waals surface area contributed by atoms with Gasteiger partial charge in [-0.1, -0.05) is 12.5 Å². The Balaban J connectivity index is 1.69. The summed E-state index contributed by atoms with van der Waals surface area (Å²) in [5.74, 6) is -0.784. The maximum atomic E-state index is 13.9. The summed E-state index contributed by atoms with van der Waals surface area (Å²) in [4.78, 5) is 13.1. The Bertz CT molecular complexity index is 1160. The van der Waals surface area contributed by atoms with Crippen molar-refractivity contribution >= 4 is 21.6 Å². The number of anilines is 1. The number of hydrogen-bond donors (Lipinski definition) is 3. The summed E-state index contributed by atoms with van der Waals surface area (Å²) >= 11 is 0. The van der Waals surface area contributed by atoms with E-state index in [9.17, 15) is 22.9 Å². The Morgan fingerprint density at radius 3 is 2.59 bits per heavy atom. The smallest absolute Gasteiger partial charge is 0.240 e. The van der Waals surface area contributed by atoms with Crippen LogP contribution in [0.5, 0.6) is 0 Å². The topological polar surface area (TPSA) is 128 Å². The van der Waals surface area contributed by atoms with Crippen LogP contribution in [-0.2, 0) is 27.9 Å². The lowest BCUT2D eigenvalue weighted by molar-refractivity contribution is -0.118. The highest BCUT2D eigenvalue weighted by atomic mass is 32.2. The molecule has 0 aliphatic carbocycles. The third-order valence-corrected chi connectivity index (χ3v) is 7.25. The van der Waals surface area contributed by atoms with Gasteiger partial charge in [-0.3, -0.25) is 9.69 Å². The number of hydrogen-bond acceptors (Lipinski definition) is 6. The van der Waals surface area contributed by atoms with Crippen LogP contribution in [0.4, 0.5) is 10.1 Å². The number of carbonyl (C=O) groups is 1. The lowest BCUT2D eigenvalue weighted by Gasteiger charge is -2.27. The fraction of sp³-hybridized carbons (Fsp3) is 0.417. The second-order valence-corrected chi connectivity index (χ2v) is 10.2. The summed E-state index contributed by atoms with van der Waals surface area (Å²) in [5.41, 5.74) is 7.55. The number of likely N-dealkylation sites (tertiary alicyclic amines) is 1. The van der Waals surface area contributed by atoms with Crippen LogP contribution in [0.25, 0.3) is 0 Å². The standard InChI is InChI=1S/C24H30FN5O3S/c25-21-7-6-18(20(13-21)17-30-11-2-1-3-12-30)16-28-23-9-8-22(14-19(23)15-26)34(32,33)29-10-4-5-24(27)31/h6-9,13-14,28-29H,1-5,10-12,16-17H2,(H2,27,31). The molecule has 2 aromatic carbocycles. The molecule has 1 amide bonds. The van der Waals surface area contributed by atoms with Crippen molar-refractivity contribution in [2.24, 2.45) is 5.73 Å². The van der Waals surface area contributed by atoms with Crippen LogP contribution in [0.2, 0.25) is 0 Å². The third-order valence-electron chi connectivity index (χ3n) is 5.79. The largest absolute Gasteiger partial charge is 0.380 e. The summed E-state index contributed by atoms with van der Waals surface area (Å²) in [6.07, 6.45) is 3.88. The number of benzene rings is 2. The SMILES string of the molecule is N#Cc1cc(S(=O)(=O)NCCCC(N)=O)ccc1NCc1ccc(F)cc1CN1CCCCC1. The van der Waals surface area contributed by atoms with Crippen molar-refractivity contribution in [3.8, 4) is 6.07 Å². The molecule has 2 aromatic rings. The van der Waals surface area contributed by atoms with Crippen molar-refractivity contribution in [3.63, 3.8) is 0 Å². The Morgan fingerprint density at radius 2 is 1.88 bits per heavy atom. The van der Waals surface area contributed by atoms with Gasteiger partial charge < -0.3 is 11.1 Å². The normalized spacial score (nSPS) is 14.5. The van der Waals surface area contributed by atoms with Crippen molar-refractivity contribution in [1.29, 1.82) is 5.26 Å². The van der Waals surface area contributed by atoms with Crippen molar-refractivity contribution in [1.82, 2.24) is 9.62 Å². The van der Waals surface area contributed by atoms with E-state index in [0.29, 0.717) is 18.8 Å². The van der Waals surface area contributed by atoms with Gasteiger partial charge in [0, 0.05) is 26.1 Å². The van der Waals surface area contributed by atoms with Crippen molar-refractivity contribution in [3.05, 3.63) is 58.9 Å². The molecule has 182 valence electrons. The number of amides is 1. The molecule has 34 heavy (non-hydrogen) atoms. The minimum atomic E-state index is -3.83. The molecule has 0 radical (unpaired) electrons. The van der Waals surface area contributed by atoms with E-state index in [-0.39, 0.29) is 35.7 Å². The van der Waals surface area contributed by atoms with Gasteiger partial charge in [0.2, 0.25) is 15.9 Å². The number of nitrogens with zero attached hydrogens (tertiary/aromatic N) is 2. The summed E-state index contributed by atoms with van der Waals surface area (Å²) < 4.78 is 41.3. The van der Waals surface area contributed by atoms with Gasteiger partial charge in [-0.05, 0) is 73.8 Å². The molecule has 0 bridgehead atoms. The number of primary amides is 1. The maximum Gasteiger partial charge on any atom is 0.240 e. The predicted molar refractivity (Wildman–Crippen MR) is 128 cm³/mol. The van der Waals surface area contributed by atoms with Gasteiger partial charge in [-0.15, -0.1) is 0 Å². The Morgan fingerprint density at radius 1 is 1.12 bits per heavy atom. The first-order valence-corrected chi connectivity index (χ1v) is 12.8. The molecule has 0 saturated carbocycles. The summed E-state index contributed by atoms with van der Waals surface area (Å²) in [6, 6.07) is 11.0. The van der Waals surface area contributed by atoms with E-state index >= 15 is 0 Å². The molecule has 0 unspecified atom stereocenters. The number of halogens is 1. The highest BCUT2D eigenvalue weighted by Crippen LogP contribution is 2.23. The molecule has 1 aliphatic heterocycles. The lowest BCUT2D eigenvalue weighted by atomic mass is 10.0. The Hall–Kier alpha value is -3.00. The van der Waals surface area contributed by atoms with E-state index in [2.05, 4.69) is 14.9 Å². The molecule has 1 fully saturated rings. The fourth-order valence-electron chi connectivity index (χ4n) is 3.95. The number of nitrogens with two attached hydrogens (primary N) is 1. The highest BCUT2D eigenvalue weighted by Gasteiger charge is 2.17. The second-order valence-electron chi connectivity index (χ2n) is 8.39. The van der Waals surface area contributed by atoms with E-state index in [1.165, 1.54) is 24.6 Å². The predicted octanol–water partition coefficient (Wildman–Crippen LogP) is 2.84. The molecule has 0 spiro atoms. The van der Waals surface area contributed by atoms with Crippen molar-refractivity contribution in [2.45, 2.75) is 50.1 Å². The molecule has 0 aromatic heterocycles. The first-order chi connectivity index (χ1) is 16.3. The second kappa shape index (κ2) is 11.9. The van der Waals surface area contributed by atoms with Gasteiger partial charge in [0.1, 0.15) is 11.9 Å². The molecule has 1 aliphatic rings. The van der Waals surface area contributed by atoms with Crippen molar-refractivity contribution < 1.29 is 17.6 Å². The van der Waals surface area contributed by atoms with Gasteiger partial charge in [0.15, 0.2) is 0 Å². The average Bonchev–Trinajstić information content (AvgIpc) is 2.82. The zero-order chi connectivity index (χ0) is 24.6. The minimum Gasteiger partial charge on any atom is -0.380 e. The van der Waals surface area contributed by atoms with Crippen LogP contribution in [-0.4, -0.2) is 38.9 Å². The molecular weight excluding hydrogens is 457 g/mol. The van der Waals surface area contributed by atoms with Gasteiger partial charge in [-0.2, -0.15) is 5.26 Å². The number of piperidine rings is 1. The van der Waals surface area contributed by atoms with Crippen LogP contribution >= 0.6 is 0 Å². The lowest BCUT2D eigenvalue weighted by Crippen LogP contribution is -2.29. The number of nitriles is 1. The van der Waals surface area contributed by atoms with Crippen LogP contribution in [0, 0.1) is 17.1 Å². The van der Waals surface area contributed by atoms with Crippen LogP contribution < -0.4 is 15.8 Å². The first-order valence-electron chi connectivity index (χ1n) is 11.3. The van der Waals surface area contributed by atoms with Crippen LogP contribution in [0.15, 0.2) is 41.3 Å². The number of rotatable bonds is 11. The molecule has 3 rings (SSSR count). The van der Waals surface area contributed by atoms with E-state index in [1.54, 1.807) is 18.2 Å². The zero-order valence-corrected chi connectivity index (χ0v) is 19.8. The van der Waals surface area contributed by atoms with E-state index < -0.39 is 15.9 Å². The average molecular weight is 488 g/mol. The molecule has 4 N–H and O–H groups in total. The molecule has 10 heteroatoms. The molecular formula is C24H30FN5O3S. The monoisotopic (exact) mass is 487 g/mol. The first kappa shape index (κ1) is 25.6. The molecule has 1 heterocycles. The molecule has 8 nitrogen and oxygen atoms in total. The summed E-state index contributed by atoms with van der Waals surface area (Å²) in [7, 11) is -3.83. The highest BCUT2D eigenvalue weighted by molar-refractivity contribution is 7.89. The van der Waals surface area contributed by atoms with E-state index in [0.717, 1.165) is 37.1 Å². The minimum absolute atomic E-state index is 0.0405. The van der Waals surface area contributed by atoms with Gasteiger partial charge in [-0.25, -0.2) is 17.5 Å². The molecule has 0 atom stereocenters. The van der Waals surface area contributed by atoms with Gasteiger partial charge in [0.25, 0.3) is 0 Å². The van der Waals surface area contributed by atoms with Gasteiger partial charge in [0.05, 0.1) is 16.1 Å². The van der Waals surface area contributed by atoms with E-state index in [4.69, 9.17) is 5.73 Å². The van der Waals surface area contributed by atoms with Gasteiger partial charge >= 0.3 is 0 Å². The third kappa shape index (κ3) is 7.25. The number of carbonyl (C=O) groups excluding carboxylic acids is 1. The Labute approximate surface area is 200 Å². The fourth-order valence-corrected chi connectivity index (χ4v) is 5.05. The maximum absolute atomic E-state index is 13.9. The van der Waals surface area contributed by atoms with Crippen LogP contribution in [0.3, 0.4) is 0 Å². The Kier molecular flexibility index (Phi) is 8.98. The quantitative estimate of drug-likeness (QED) is 0.418. The summed E-state index contributed by atoms with van der Waals surface area (Å²) in [5, 5.41) is 12.8. The van der Waals surface area contributed by atoms with E-state index in [1.807, 2.05) is 6.07 Å². The molecule has 1 saturated heterocycles. The number of nitrogens with one attached hydrogen (secondary N) is 2.